The lowest BCUT2D eigenvalue weighted by Crippen LogP contribution is -2.21. The van der Waals surface area contributed by atoms with E-state index in [1.54, 1.807) is 6.26 Å². The van der Waals surface area contributed by atoms with Crippen LogP contribution >= 0.6 is 0 Å². The van der Waals surface area contributed by atoms with Gasteiger partial charge in [0, 0.05) is 0 Å². The standard InChI is InChI=1S/C16H29NO/c1-4-6-7-8-9-10-11-15(17-5-2)16-14(3)12-13-18-16/h12-13,15,17H,4-11H2,1-3H3. The molecule has 0 saturated heterocycles. The maximum absolute atomic E-state index is 5.61. The van der Waals surface area contributed by atoms with Crippen molar-refractivity contribution in [2.24, 2.45) is 0 Å². The van der Waals surface area contributed by atoms with E-state index in [9.17, 15) is 0 Å². The minimum atomic E-state index is 0.399. The normalized spacial score (nSPS) is 12.8. The summed E-state index contributed by atoms with van der Waals surface area (Å²) < 4.78 is 5.61. The van der Waals surface area contributed by atoms with E-state index in [0.29, 0.717) is 6.04 Å². The van der Waals surface area contributed by atoms with Crippen molar-refractivity contribution in [2.45, 2.75) is 71.8 Å². The van der Waals surface area contributed by atoms with Gasteiger partial charge in [0.15, 0.2) is 0 Å². The Morgan fingerprint density at radius 2 is 1.83 bits per heavy atom. The van der Waals surface area contributed by atoms with Crippen LogP contribution in [0.1, 0.15) is 76.2 Å². The summed E-state index contributed by atoms with van der Waals surface area (Å²) in [5, 5.41) is 3.53. The van der Waals surface area contributed by atoms with Crippen LogP contribution in [-0.4, -0.2) is 6.54 Å². The summed E-state index contributed by atoms with van der Waals surface area (Å²) in [6.07, 6.45) is 11.1. The molecular formula is C16H29NO. The van der Waals surface area contributed by atoms with Gasteiger partial charge in [0.1, 0.15) is 5.76 Å². The molecule has 0 radical (unpaired) electrons. The first-order valence-electron chi connectivity index (χ1n) is 7.57. The summed E-state index contributed by atoms with van der Waals surface area (Å²) in [4.78, 5) is 0. The van der Waals surface area contributed by atoms with Gasteiger partial charge in [0.25, 0.3) is 0 Å². The average Bonchev–Trinajstić information content (AvgIpc) is 2.78. The minimum Gasteiger partial charge on any atom is -0.467 e. The van der Waals surface area contributed by atoms with Crippen LogP contribution in [0.3, 0.4) is 0 Å². The van der Waals surface area contributed by atoms with E-state index in [1.165, 1.54) is 50.5 Å². The summed E-state index contributed by atoms with van der Waals surface area (Å²) in [7, 11) is 0. The summed E-state index contributed by atoms with van der Waals surface area (Å²) in [5.41, 5.74) is 1.27. The zero-order chi connectivity index (χ0) is 13.2. The van der Waals surface area contributed by atoms with E-state index in [-0.39, 0.29) is 0 Å². The average molecular weight is 251 g/mol. The molecule has 1 unspecified atom stereocenters. The van der Waals surface area contributed by atoms with Crippen molar-refractivity contribution >= 4 is 0 Å². The monoisotopic (exact) mass is 251 g/mol. The van der Waals surface area contributed by atoms with Crippen LogP contribution in [0.15, 0.2) is 16.7 Å². The Labute approximate surface area is 112 Å². The quantitative estimate of drug-likeness (QED) is 0.593. The minimum absolute atomic E-state index is 0.399. The number of furan rings is 1. The number of nitrogens with one attached hydrogen (secondary N) is 1. The number of hydrogen-bond acceptors (Lipinski definition) is 2. The van der Waals surface area contributed by atoms with Crippen LogP contribution in [0.2, 0.25) is 0 Å². The maximum Gasteiger partial charge on any atom is 0.123 e. The molecule has 1 N–H and O–H groups in total. The summed E-state index contributed by atoms with van der Waals surface area (Å²) >= 11 is 0. The van der Waals surface area contributed by atoms with Gasteiger partial charge in [-0.25, -0.2) is 0 Å². The molecule has 0 aliphatic carbocycles. The van der Waals surface area contributed by atoms with Crippen molar-refractivity contribution < 1.29 is 4.42 Å². The van der Waals surface area contributed by atoms with Gasteiger partial charge in [-0.15, -0.1) is 0 Å². The van der Waals surface area contributed by atoms with Crippen LogP contribution in [0, 0.1) is 6.92 Å². The second-order valence-electron chi connectivity index (χ2n) is 5.13. The largest absolute Gasteiger partial charge is 0.467 e. The van der Waals surface area contributed by atoms with Gasteiger partial charge in [0.05, 0.1) is 12.3 Å². The molecule has 0 bridgehead atoms. The van der Waals surface area contributed by atoms with Gasteiger partial charge >= 0.3 is 0 Å². The highest BCUT2D eigenvalue weighted by Gasteiger charge is 2.15. The molecule has 0 saturated carbocycles. The third-order valence-electron chi connectivity index (χ3n) is 3.52. The lowest BCUT2D eigenvalue weighted by molar-refractivity contribution is 0.387. The number of hydrogen-bond donors (Lipinski definition) is 1. The zero-order valence-electron chi connectivity index (χ0n) is 12.3. The smallest absolute Gasteiger partial charge is 0.123 e. The first kappa shape index (κ1) is 15.3. The van der Waals surface area contributed by atoms with Gasteiger partial charge in [-0.3, -0.25) is 0 Å². The predicted octanol–water partition coefficient (Wildman–Crippen LogP) is 4.99. The molecule has 0 fully saturated rings. The van der Waals surface area contributed by atoms with Gasteiger partial charge in [-0.2, -0.15) is 0 Å². The molecular weight excluding hydrogens is 222 g/mol. The van der Waals surface area contributed by atoms with E-state index in [2.05, 4.69) is 32.2 Å². The highest BCUT2D eigenvalue weighted by molar-refractivity contribution is 5.18. The topological polar surface area (TPSA) is 25.2 Å². The van der Waals surface area contributed by atoms with Gasteiger partial charge < -0.3 is 9.73 Å². The molecule has 0 amide bonds. The summed E-state index contributed by atoms with van der Waals surface area (Å²) in [6.45, 7) is 7.55. The number of unbranched alkanes of at least 4 members (excludes halogenated alkanes) is 5. The zero-order valence-corrected chi connectivity index (χ0v) is 12.3. The third-order valence-corrected chi connectivity index (χ3v) is 3.52. The molecule has 1 rings (SSSR count). The van der Waals surface area contributed by atoms with E-state index in [0.717, 1.165) is 12.3 Å². The first-order chi connectivity index (χ1) is 8.79. The number of aryl methyl sites for hydroxylation is 1. The van der Waals surface area contributed by atoms with Crippen molar-refractivity contribution in [2.75, 3.05) is 6.54 Å². The Morgan fingerprint density at radius 3 is 2.44 bits per heavy atom. The Bertz CT molecular complexity index is 306. The number of rotatable bonds is 10. The van der Waals surface area contributed by atoms with Gasteiger partial charge in [-0.05, 0) is 31.5 Å². The van der Waals surface area contributed by atoms with Gasteiger partial charge in [0.2, 0.25) is 0 Å². The SMILES string of the molecule is CCCCCCCCC(NCC)c1occc1C. The van der Waals surface area contributed by atoms with Crippen molar-refractivity contribution in [3.63, 3.8) is 0 Å². The molecule has 1 aromatic heterocycles. The first-order valence-corrected chi connectivity index (χ1v) is 7.57. The lowest BCUT2D eigenvalue weighted by Gasteiger charge is -2.16. The highest BCUT2D eigenvalue weighted by Crippen LogP contribution is 2.24. The van der Waals surface area contributed by atoms with Crippen LogP contribution in [0.4, 0.5) is 0 Å². The Balaban J connectivity index is 2.29. The van der Waals surface area contributed by atoms with Crippen LogP contribution in [-0.2, 0) is 0 Å². The lowest BCUT2D eigenvalue weighted by atomic mass is 10.0. The summed E-state index contributed by atoms with van der Waals surface area (Å²) in [5.74, 6) is 1.13. The second-order valence-corrected chi connectivity index (χ2v) is 5.13. The Morgan fingerprint density at radius 1 is 1.11 bits per heavy atom. The fourth-order valence-electron chi connectivity index (χ4n) is 2.44. The van der Waals surface area contributed by atoms with Crippen molar-refractivity contribution in [3.8, 4) is 0 Å². The molecule has 0 aromatic carbocycles. The second kappa shape index (κ2) is 9.21. The van der Waals surface area contributed by atoms with Crippen LogP contribution in [0.5, 0.6) is 0 Å². The molecule has 0 aliphatic heterocycles. The molecule has 104 valence electrons. The van der Waals surface area contributed by atoms with E-state index in [1.807, 2.05) is 0 Å². The molecule has 1 heterocycles. The van der Waals surface area contributed by atoms with Crippen molar-refractivity contribution in [3.05, 3.63) is 23.7 Å². The van der Waals surface area contributed by atoms with Crippen LogP contribution in [0.25, 0.3) is 0 Å². The van der Waals surface area contributed by atoms with Crippen molar-refractivity contribution in [1.82, 2.24) is 5.32 Å². The molecule has 1 aromatic rings. The van der Waals surface area contributed by atoms with Crippen molar-refractivity contribution in [1.29, 1.82) is 0 Å². The summed E-state index contributed by atoms with van der Waals surface area (Å²) in [6, 6.07) is 2.46. The maximum atomic E-state index is 5.61. The fourth-order valence-corrected chi connectivity index (χ4v) is 2.44. The van der Waals surface area contributed by atoms with E-state index < -0.39 is 0 Å². The van der Waals surface area contributed by atoms with E-state index >= 15 is 0 Å². The predicted molar refractivity (Wildman–Crippen MR) is 77.9 cm³/mol. The molecule has 1 atom stereocenters. The molecule has 0 aliphatic rings. The molecule has 0 spiro atoms. The third kappa shape index (κ3) is 5.26. The molecule has 2 nitrogen and oxygen atoms in total. The van der Waals surface area contributed by atoms with Crippen LogP contribution < -0.4 is 5.32 Å². The van der Waals surface area contributed by atoms with E-state index in [4.69, 9.17) is 4.42 Å². The van der Waals surface area contributed by atoms with Gasteiger partial charge in [-0.1, -0.05) is 52.4 Å². The molecule has 18 heavy (non-hydrogen) atoms. The fraction of sp³-hybridized carbons (Fsp3) is 0.750. The Kier molecular flexibility index (Phi) is 7.83. The highest BCUT2D eigenvalue weighted by atomic mass is 16.3. The Hall–Kier alpha value is -0.760. The molecule has 2 heteroatoms.